The van der Waals surface area contributed by atoms with Gasteiger partial charge in [0, 0.05) is 45.2 Å². The molecular formula is C19H29ClN4O2. The van der Waals surface area contributed by atoms with Gasteiger partial charge >= 0.3 is 6.03 Å². The molecule has 144 valence electrons. The molecule has 1 aliphatic heterocycles. The fourth-order valence-electron chi connectivity index (χ4n) is 3.08. The summed E-state index contributed by atoms with van der Waals surface area (Å²) in [6.07, 6.45) is 2.44. The molecule has 0 spiro atoms. The highest BCUT2D eigenvalue weighted by Crippen LogP contribution is 2.21. The number of carbonyl (C=O) groups is 2. The number of nitrogens with zero attached hydrogens (tertiary/aromatic N) is 2. The Morgan fingerprint density at radius 3 is 2.62 bits per heavy atom. The van der Waals surface area contributed by atoms with Crippen LogP contribution in [0, 0.1) is 5.92 Å². The summed E-state index contributed by atoms with van der Waals surface area (Å²) < 4.78 is 0. The van der Waals surface area contributed by atoms with Crippen molar-refractivity contribution in [3.05, 3.63) is 34.9 Å². The van der Waals surface area contributed by atoms with E-state index in [2.05, 4.69) is 21.6 Å². The smallest absolute Gasteiger partial charge is 0.317 e. The molecule has 7 heteroatoms. The van der Waals surface area contributed by atoms with Gasteiger partial charge in [0.15, 0.2) is 0 Å². The molecule has 1 heterocycles. The van der Waals surface area contributed by atoms with Gasteiger partial charge in [0.1, 0.15) is 0 Å². The summed E-state index contributed by atoms with van der Waals surface area (Å²) in [5, 5.41) is 6.36. The lowest BCUT2D eigenvalue weighted by Gasteiger charge is -2.32. The van der Waals surface area contributed by atoms with Crippen LogP contribution in [0.5, 0.6) is 0 Å². The van der Waals surface area contributed by atoms with Gasteiger partial charge in [0.25, 0.3) is 0 Å². The summed E-state index contributed by atoms with van der Waals surface area (Å²) in [6.45, 7) is 4.00. The normalized spacial score (nSPS) is 15.5. The maximum atomic E-state index is 12.1. The van der Waals surface area contributed by atoms with Crippen LogP contribution in [0.2, 0.25) is 5.02 Å². The van der Waals surface area contributed by atoms with E-state index < -0.39 is 0 Å². The molecular weight excluding hydrogens is 352 g/mol. The Kier molecular flexibility index (Phi) is 8.19. The molecule has 26 heavy (non-hydrogen) atoms. The first-order valence-corrected chi connectivity index (χ1v) is 9.52. The van der Waals surface area contributed by atoms with E-state index in [4.69, 9.17) is 11.6 Å². The second kappa shape index (κ2) is 10.4. The average Bonchev–Trinajstić information content (AvgIpc) is 2.66. The van der Waals surface area contributed by atoms with Gasteiger partial charge in [-0.05, 0) is 43.5 Å². The summed E-state index contributed by atoms with van der Waals surface area (Å²) in [5.41, 5.74) is 1.17. The fourth-order valence-corrected chi connectivity index (χ4v) is 3.27. The maximum Gasteiger partial charge on any atom is 0.317 e. The molecule has 2 N–H and O–H groups in total. The number of hydrogen-bond acceptors (Lipinski definition) is 3. The Morgan fingerprint density at radius 2 is 1.96 bits per heavy atom. The molecule has 0 saturated carbocycles. The van der Waals surface area contributed by atoms with E-state index >= 15 is 0 Å². The largest absolute Gasteiger partial charge is 0.359 e. The van der Waals surface area contributed by atoms with Crippen LogP contribution in [-0.4, -0.2) is 62.0 Å². The predicted octanol–water partition coefficient (Wildman–Crippen LogP) is 2.33. The molecule has 2 rings (SSSR count). The minimum Gasteiger partial charge on any atom is -0.359 e. The highest BCUT2D eigenvalue weighted by Gasteiger charge is 2.21. The summed E-state index contributed by atoms with van der Waals surface area (Å²) >= 11 is 6.24. The summed E-state index contributed by atoms with van der Waals surface area (Å²) in [7, 11) is 3.31. The number of benzene rings is 1. The van der Waals surface area contributed by atoms with Crippen molar-refractivity contribution in [3.8, 4) is 0 Å². The van der Waals surface area contributed by atoms with Crippen molar-refractivity contribution < 1.29 is 9.59 Å². The summed E-state index contributed by atoms with van der Waals surface area (Å²) in [5.74, 6) is 0.435. The topological polar surface area (TPSA) is 64.7 Å². The van der Waals surface area contributed by atoms with E-state index in [9.17, 15) is 9.59 Å². The third-order valence-electron chi connectivity index (χ3n) is 4.90. The Labute approximate surface area is 160 Å². The molecule has 1 aromatic rings. The van der Waals surface area contributed by atoms with Crippen molar-refractivity contribution in [1.82, 2.24) is 20.4 Å². The summed E-state index contributed by atoms with van der Waals surface area (Å²) in [6, 6.07) is 7.85. The van der Waals surface area contributed by atoms with E-state index in [1.54, 1.807) is 19.0 Å². The average molecular weight is 381 g/mol. The highest BCUT2D eigenvalue weighted by molar-refractivity contribution is 6.31. The first-order chi connectivity index (χ1) is 12.5. The third kappa shape index (κ3) is 6.50. The second-order valence-electron chi connectivity index (χ2n) is 6.84. The molecule has 0 bridgehead atoms. The van der Waals surface area contributed by atoms with Crippen LogP contribution in [-0.2, 0) is 11.3 Å². The SMILES string of the molecule is CNC(=O)CCN(C)C(=O)NCC1CCN(Cc2ccccc2Cl)CC1. The van der Waals surface area contributed by atoms with Crippen LogP contribution in [0.4, 0.5) is 4.79 Å². The molecule has 6 nitrogen and oxygen atoms in total. The summed E-state index contributed by atoms with van der Waals surface area (Å²) in [4.78, 5) is 27.3. The standard InChI is InChI=1S/C19H29ClN4O2/c1-21-18(25)9-10-23(2)19(26)22-13-15-7-11-24(12-8-15)14-16-5-3-4-6-17(16)20/h3-6,15H,7-14H2,1-2H3,(H,21,25)(H,22,26). The van der Waals surface area contributed by atoms with Crippen LogP contribution in [0.25, 0.3) is 0 Å². The molecule has 1 saturated heterocycles. The first-order valence-electron chi connectivity index (χ1n) is 9.15. The first kappa shape index (κ1) is 20.5. The lowest BCUT2D eigenvalue weighted by atomic mass is 9.96. The van der Waals surface area contributed by atoms with Crippen LogP contribution in [0.3, 0.4) is 0 Å². The number of likely N-dealkylation sites (tertiary alicyclic amines) is 1. The van der Waals surface area contributed by atoms with Gasteiger partial charge in [-0.15, -0.1) is 0 Å². The molecule has 1 aliphatic rings. The Balaban J connectivity index is 1.66. The number of rotatable bonds is 7. The third-order valence-corrected chi connectivity index (χ3v) is 5.27. The molecule has 1 aromatic carbocycles. The van der Waals surface area contributed by atoms with Gasteiger partial charge in [-0.3, -0.25) is 9.69 Å². The van der Waals surface area contributed by atoms with Gasteiger partial charge in [0.2, 0.25) is 5.91 Å². The Morgan fingerprint density at radius 1 is 1.27 bits per heavy atom. The highest BCUT2D eigenvalue weighted by atomic mass is 35.5. The van der Waals surface area contributed by atoms with E-state index in [1.165, 1.54) is 5.56 Å². The van der Waals surface area contributed by atoms with Crippen LogP contribution >= 0.6 is 11.6 Å². The van der Waals surface area contributed by atoms with Crippen LogP contribution in [0.15, 0.2) is 24.3 Å². The second-order valence-corrected chi connectivity index (χ2v) is 7.25. The quantitative estimate of drug-likeness (QED) is 0.763. The van der Waals surface area contributed by atoms with Crippen molar-refractivity contribution in [2.24, 2.45) is 5.92 Å². The molecule has 0 atom stereocenters. The number of hydrogen-bond donors (Lipinski definition) is 2. The zero-order chi connectivity index (χ0) is 18.9. The zero-order valence-electron chi connectivity index (χ0n) is 15.6. The lowest BCUT2D eigenvalue weighted by molar-refractivity contribution is -0.120. The monoisotopic (exact) mass is 380 g/mol. The number of nitrogens with one attached hydrogen (secondary N) is 2. The molecule has 0 aromatic heterocycles. The van der Waals surface area contributed by atoms with E-state index in [0.29, 0.717) is 25.4 Å². The van der Waals surface area contributed by atoms with Crippen molar-refractivity contribution in [3.63, 3.8) is 0 Å². The van der Waals surface area contributed by atoms with Gasteiger partial charge in [-0.1, -0.05) is 29.8 Å². The van der Waals surface area contributed by atoms with Gasteiger partial charge < -0.3 is 15.5 Å². The Hall–Kier alpha value is -1.79. The molecule has 3 amide bonds. The van der Waals surface area contributed by atoms with Crippen molar-refractivity contribution in [2.45, 2.75) is 25.8 Å². The number of piperidine rings is 1. The van der Waals surface area contributed by atoms with Crippen molar-refractivity contribution >= 4 is 23.5 Å². The van der Waals surface area contributed by atoms with Crippen LogP contribution in [0.1, 0.15) is 24.8 Å². The molecule has 1 fully saturated rings. The maximum absolute atomic E-state index is 12.1. The fraction of sp³-hybridized carbons (Fsp3) is 0.579. The van der Waals surface area contributed by atoms with Gasteiger partial charge in [-0.25, -0.2) is 4.79 Å². The minimum absolute atomic E-state index is 0.0597. The van der Waals surface area contributed by atoms with Gasteiger partial charge in [-0.2, -0.15) is 0 Å². The number of halogens is 1. The van der Waals surface area contributed by atoms with Crippen molar-refractivity contribution in [2.75, 3.05) is 40.3 Å². The van der Waals surface area contributed by atoms with E-state index in [0.717, 1.165) is 37.5 Å². The molecule has 0 radical (unpaired) electrons. The minimum atomic E-state index is -0.118. The number of carbonyl (C=O) groups excluding carboxylic acids is 2. The number of amides is 3. The zero-order valence-corrected chi connectivity index (χ0v) is 16.4. The van der Waals surface area contributed by atoms with Crippen molar-refractivity contribution in [1.29, 1.82) is 0 Å². The van der Waals surface area contributed by atoms with E-state index in [-0.39, 0.29) is 11.9 Å². The molecule has 0 unspecified atom stereocenters. The predicted molar refractivity (Wildman–Crippen MR) is 104 cm³/mol. The van der Waals surface area contributed by atoms with Gasteiger partial charge in [0.05, 0.1) is 0 Å². The lowest BCUT2D eigenvalue weighted by Crippen LogP contribution is -2.43. The van der Waals surface area contributed by atoms with Crippen LogP contribution < -0.4 is 10.6 Å². The van der Waals surface area contributed by atoms with E-state index in [1.807, 2.05) is 18.2 Å². The Bertz CT molecular complexity index is 603. The molecule has 0 aliphatic carbocycles. The number of urea groups is 1.